The van der Waals surface area contributed by atoms with Gasteiger partial charge in [0.2, 0.25) is 0 Å². The number of hydrogen-bond acceptors (Lipinski definition) is 7. The van der Waals surface area contributed by atoms with Crippen molar-refractivity contribution in [2.75, 3.05) is 0 Å². The summed E-state index contributed by atoms with van der Waals surface area (Å²) in [6.07, 6.45) is 4.91. The minimum Gasteiger partial charge on any atom is -0.507 e. The SMILES string of the molecule is CC(=O)c1cc(-c2cncc3cc(C=C4SC(=S)NC4=O)oc23)ccc1O. The molecule has 27 heavy (non-hydrogen) atoms. The quantitative estimate of drug-likeness (QED) is 0.394. The number of amides is 1. The Bertz CT molecular complexity index is 1160. The van der Waals surface area contributed by atoms with E-state index in [9.17, 15) is 14.7 Å². The van der Waals surface area contributed by atoms with Crippen molar-refractivity contribution in [3.8, 4) is 16.9 Å². The lowest BCUT2D eigenvalue weighted by Crippen LogP contribution is -2.17. The molecule has 0 radical (unpaired) electrons. The first-order chi connectivity index (χ1) is 12.9. The van der Waals surface area contributed by atoms with E-state index in [1.54, 1.807) is 36.7 Å². The van der Waals surface area contributed by atoms with Crippen LogP contribution in [0.4, 0.5) is 0 Å². The number of hydrogen-bond donors (Lipinski definition) is 2. The minimum absolute atomic E-state index is 0.0727. The number of nitrogens with one attached hydrogen (secondary N) is 1. The van der Waals surface area contributed by atoms with E-state index in [0.29, 0.717) is 31.7 Å². The van der Waals surface area contributed by atoms with Gasteiger partial charge in [0.05, 0.1) is 10.5 Å². The van der Waals surface area contributed by atoms with Gasteiger partial charge < -0.3 is 14.8 Å². The van der Waals surface area contributed by atoms with Crippen LogP contribution in [0.5, 0.6) is 5.75 Å². The Balaban J connectivity index is 1.82. The number of thiocarbonyl (C=S) groups is 1. The summed E-state index contributed by atoms with van der Waals surface area (Å²) in [6.45, 7) is 1.39. The van der Waals surface area contributed by atoms with Crippen LogP contribution >= 0.6 is 24.0 Å². The Morgan fingerprint density at radius 2 is 2.15 bits per heavy atom. The van der Waals surface area contributed by atoms with Gasteiger partial charge in [-0.3, -0.25) is 14.6 Å². The Hall–Kier alpha value is -2.97. The number of ketones is 1. The third-order valence-electron chi connectivity index (χ3n) is 4.04. The first-order valence-corrected chi connectivity index (χ1v) is 9.11. The Kier molecular flexibility index (Phi) is 4.29. The number of aromatic hydroxyl groups is 1. The number of rotatable bonds is 3. The first kappa shape index (κ1) is 17.4. The molecule has 0 aliphatic carbocycles. The molecular weight excluding hydrogens is 384 g/mol. The van der Waals surface area contributed by atoms with Gasteiger partial charge in [-0.25, -0.2) is 0 Å². The molecule has 1 aliphatic heterocycles. The molecule has 1 fully saturated rings. The van der Waals surface area contributed by atoms with Crippen LogP contribution in [-0.4, -0.2) is 26.1 Å². The van der Waals surface area contributed by atoms with Crippen molar-refractivity contribution < 1.29 is 19.1 Å². The average molecular weight is 396 g/mol. The molecule has 2 N–H and O–H groups in total. The smallest absolute Gasteiger partial charge is 0.263 e. The van der Waals surface area contributed by atoms with Crippen molar-refractivity contribution in [2.24, 2.45) is 0 Å². The van der Waals surface area contributed by atoms with Crippen LogP contribution in [0.15, 0.2) is 46.0 Å². The number of phenolic OH excluding ortho intramolecular Hbond substituents is 1. The zero-order valence-electron chi connectivity index (χ0n) is 14.0. The van der Waals surface area contributed by atoms with E-state index < -0.39 is 0 Å². The average Bonchev–Trinajstić information content (AvgIpc) is 3.17. The summed E-state index contributed by atoms with van der Waals surface area (Å²) in [5, 5.41) is 13.2. The fourth-order valence-electron chi connectivity index (χ4n) is 2.79. The monoisotopic (exact) mass is 396 g/mol. The van der Waals surface area contributed by atoms with Gasteiger partial charge in [-0.2, -0.15) is 0 Å². The Morgan fingerprint density at radius 3 is 2.85 bits per heavy atom. The van der Waals surface area contributed by atoms with E-state index in [2.05, 4.69) is 10.3 Å². The summed E-state index contributed by atoms with van der Waals surface area (Å²) in [6, 6.07) is 6.54. The van der Waals surface area contributed by atoms with Crippen LogP contribution in [0.3, 0.4) is 0 Å². The molecule has 6 nitrogen and oxygen atoms in total. The van der Waals surface area contributed by atoms with E-state index in [1.807, 2.05) is 0 Å². The highest BCUT2D eigenvalue weighted by Crippen LogP contribution is 2.34. The van der Waals surface area contributed by atoms with Gasteiger partial charge in [0, 0.05) is 29.4 Å². The highest BCUT2D eigenvalue weighted by molar-refractivity contribution is 8.26. The highest BCUT2D eigenvalue weighted by atomic mass is 32.2. The van der Waals surface area contributed by atoms with Crippen molar-refractivity contribution in [1.82, 2.24) is 10.3 Å². The first-order valence-electron chi connectivity index (χ1n) is 7.89. The predicted molar refractivity (Wildman–Crippen MR) is 107 cm³/mol. The molecule has 0 spiro atoms. The van der Waals surface area contributed by atoms with Crippen molar-refractivity contribution in [1.29, 1.82) is 0 Å². The number of benzene rings is 1. The van der Waals surface area contributed by atoms with Crippen molar-refractivity contribution >= 4 is 57.0 Å². The molecule has 0 unspecified atom stereocenters. The fourth-order valence-corrected chi connectivity index (χ4v) is 3.82. The summed E-state index contributed by atoms with van der Waals surface area (Å²) in [5.74, 6) is -0.0725. The van der Waals surface area contributed by atoms with Gasteiger partial charge in [-0.1, -0.05) is 30.0 Å². The number of Topliss-reactive ketones (excluding diaryl/α,β-unsaturated/α-hetero) is 1. The molecule has 0 saturated carbocycles. The molecule has 134 valence electrons. The van der Waals surface area contributed by atoms with Gasteiger partial charge in [-0.15, -0.1) is 0 Å². The van der Waals surface area contributed by atoms with Gasteiger partial charge in [0.15, 0.2) is 5.78 Å². The maximum Gasteiger partial charge on any atom is 0.263 e. The maximum atomic E-state index is 11.8. The predicted octanol–water partition coefficient (Wildman–Crippen LogP) is 3.89. The third-order valence-corrected chi connectivity index (χ3v) is 5.21. The number of fused-ring (bicyclic) bond motifs is 1. The zero-order valence-corrected chi connectivity index (χ0v) is 15.6. The number of aromatic nitrogens is 1. The van der Waals surface area contributed by atoms with E-state index in [-0.39, 0.29) is 23.0 Å². The number of carbonyl (C=O) groups excluding carboxylic acids is 2. The molecule has 0 bridgehead atoms. The summed E-state index contributed by atoms with van der Waals surface area (Å²) >= 11 is 6.16. The van der Waals surface area contributed by atoms with Crippen LogP contribution in [0, 0.1) is 0 Å². The molecule has 1 aromatic carbocycles. The molecular formula is C19H12N2O4S2. The zero-order chi connectivity index (χ0) is 19.1. The second kappa shape index (κ2) is 6.64. The van der Waals surface area contributed by atoms with Gasteiger partial charge >= 0.3 is 0 Å². The van der Waals surface area contributed by atoms with Gasteiger partial charge in [0.1, 0.15) is 21.4 Å². The number of thioether (sulfide) groups is 1. The second-order valence-electron chi connectivity index (χ2n) is 5.89. The Morgan fingerprint density at radius 1 is 1.33 bits per heavy atom. The number of pyridine rings is 1. The lowest BCUT2D eigenvalue weighted by Gasteiger charge is -2.06. The van der Waals surface area contributed by atoms with Gasteiger partial charge in [0.25, 0.3) is 5.91 Å². The normalized spacial score (nSPS) is 15.5. The maximum absolute atomic E-state index is 11.8. The van der Waals surface area contributed by atoms with Crippen molar-refractivity contribution in [3.05, 3.63) is 52.9 Å². The van der Waals surface area contributed by atoms with E-state index >= 15 is 0 Å². The standard InChI is InChI=1S/C19H12N2O4S2/c1-9(22)13-5-10(2-3-15(13)23)14-8-20-7-11-4-12(25-17(11)14)6-16-18(24)21-19(26)27-16/h2-8,23H,1H3,(H,21,24,26). The summed E-state index contributed by atoms with van der Waals surface area (Å²) < 4.78 is 6.34. The lowest BCUT2D eigenvalue weighted by atomic mass is 10.0. The molecule has 8 heteroatoms. The van der Waals surface area contributed by atoms with Crippen LogP contribution < -0.4 is 5.32 Å². The molecule has 1 aliphatic rings. The summed E-state index contributed by atoms with van der Waals surface area (Å²) in [7, 11) is 0. The van der Waals surface area contributed by atoms with Crippen LogP contribution in [0.2, 0.25) is 0 Å². The summed E-state index contributed by atoms with van der Waals surface area (Å²) in [4.78, 5) is 28.2. The summed E-state index contributed by atoms with van der Waals surface area (Å²) in [5.41, 5.74) is 2.17. The van der Waals surface area contributed by atoms with Crippen molar-refractivity contribution in [2.45, 2.75) is 6.92 Å². The highest BCUT2D eigenvalue weighted by Gasteiger charge is 2.23. The minimum atomic E-state index is -0.256. The molecule has 3 heterocycles. The second-order valence-corrected chi connectivity index (χ2v) is 7.61. The lowest BCUT2D eigenvalue weighted by molar-refractivity contribution is -0.115. The van der Waals surface area contributed by atoms with Crippen LogP contribution in [0.1, 0.15) is 23.0 Å². The molecule has 2 aromatic heterocycles. The van der Waals surface area contributed by atoms with E-state index in [4.69, 9.17) is 16.6 Å². The topological polar surface area (TPSA) is 92.4 Å². The molecule has 0 atom stereocenters. The fraction of sp³-hybridized carbons (Fsp3) is 0.0526. The largest absolute Gasteiger partial charge is 0.507 e. The number of nitrogens with zero attached hydrogens (tertiary/aromatic N) is 1. The molecule has 4 rings (SSSR count). The number of furan rings is 1. The molecule has 1 saturated heterocycles. The number of phenols is 1. The van der Waals surface area contributed by atoms with Crippen LogP contribution in [0.25, 0.3) is 28.2 Å². The Labute approximate surface area is 163 Å². The third kappa shape index (κ3) is 3.24. The molecule has 3 aromatic rings. The molecule has 1 amide bonds. The van der Waals surface area contributed by atoms with Crippen molar-refractivity contribution in [3.63, 3.8) is 0 Å². The van der Waals surface area contributed by atoms with Gasteiger partial charge in [-0.05, 0) is 30.7 Å². The van der Waals surface area contributed by atoms with Crippen LogP contribution in [-0.2, 0) is 4.79 Å². The van der Waals surface area contributed by atoms with E-state index in [0.717, 1.165) is 5.39 Å². The number of carbonyl (C=O) groups is 2. The van der Waals surface area contributed by atoms with E-state index in [1.165, 1.54) is 24.8 Å².